The summed E-state index contributed by atoms with van der Waals surface area (Å²) in [5, 5.41) is 2.50. The highest BCUT2D eigenvalue weighted by atomic mass is 19.2. The number of nitrogens with two attached hydrogens (primary N) is 1. The van der Waals surface area contributed by atoms with E-state index >= 15 is 0 Å². The zero-order valence-corrected chi connectivity index (χ0v) is 10.3. The van der Waals surface area contributed by atoms with E-state index in [0.29, 0.717) is 0 Å². The minimum atomic E-state index is -2.27. The summed E-state index contributed by atoms with van der Waals surface area (Å²) in [7, 11) is 1.41. The molecule has 1 atom stereocenters. The second kappa shape index (κ2) is 6.51. The molecule has 4 nitrogen and oxygen atoms in total. The fourth-order valence-electron chi connectivity index (χ4n) is 1.42. The van der Waals surface area contributed by atoms with Gasteiger partial charge in [-0.3, -0.25) is 4.79 Å². The first-order chi connectivity index (χ1) is 9.31. The Balaban J connectivity index is 2.86. The zero-order chi connectivity index (χ0) is 15.4. The van der Waals surface area contributed by atoms with E-state index in [-0.39, 0.29) is 6.42 Å². The van der Waals surface area contributed by atoms with Gasteiger partial charge in [-0.25, -0.2) is 13.2 Å². The fourth-order valence-corrected chi connectivity index (χ4v) is 1.42. The van der Waals surface area contributed by atoms with E-state index in [1.807, 2.05) is 0 Å². The lowest BCUT2D eigenvalue weighted by atomic mass is 10.2. The summed E-state index contributed by atoms with van der Waals surface area (Å²) in [5.41, 5.74) is 4.98. The molecule has 0 fully saturated rings. The summed E-state index contributed by atoms with van der Waals surface area (Å²) in [6.07, 6.45) is -0.106. The highest BCUT2D eigenvalue weighted by molar-refractivity contribution is 5.79. The maximum Gasteiger partial charge on any atom is 0.234 e. The van der Waals surface area contributed by atoms with Gasteiger partial charge in [0, 0.05) is 6.42 Å². The van der Waals surface area contributed by atoms with Crippen LogP contribution in [0.5, 0.6) is 5.75 Å². The van der Waals surface area contributed by atoms with Gasteiger partial charge in [0.1, 0.15) is 0 Å². The average molecular weight is 298 g/mol. The van der Waals surface area contributed by atoms with Crippen molar-refractivity contribution in [3.05, 3.63) is 29.1 Å². The van der Waals surface area contributed by atoms with Crippen molar-refractivity contribution in [1.82, 2.24) is 5.32 Å². The number of carbonyl (C=O) groups is 1. The molecule has 0 radical (unpaired) electrons. The van der Waals surface area contributed by atoms with E-state index in [2.05, 4.69) is 10.1 Å². The highest BCUT2D eigenvalue weighted by Crippen LogP contribution is 2.29. The summed E-state index contributed by atoms with van der Waals surface area (Å²) in [5.74, 6) is -12.7. The van der Waals surface area contributed by atoms with E-state index in [9.17, 15) is 26.7 Å². The Morgan fingerprint density at radius 3 is 1.95 bits per heavy atom. The number of halogens is 5. The van der Waals surface area contributed by atoms with E-state index in [0.717, 1.165) is 0 Å². The molecule has 1 rings (SSSR count). The standard InChI is InChI=1S/C11H11F5N2O2/c1-18-4(11(17)19)2-3-20-10-8(15)6(13)5(12)7(14)9(10)16/h4,18H,2-3H2,1H3,(H2,17,19). The number of benzene rings is 1. The van der Waals surface area contributed by atoms with Gasteiger partial charge in [0.15, 0.2) is 5.75 Å². The molecule has 0 bridgehead atoms. The van der Waals surface area contributed by atoms with Crippen molar-refractivity contribution >= 4 is 5.91 Å². The summed E-state index contributed by atoms with van der Waals surface area (Å²) < 4.78 is 69.4. The quantitative estimate of drug-likeness (QED) is 0.471. The Morgan fingerprint density at radius 2 is 1.55 bits per heavy atom. The van der Waals surface area contributed by atoms with E-state index in [1.54, 1.807) is 0 Å². The minimum Gasteiger partial charge on any atom is -0.487 e. The van der Waals surface area contributed by atoms with Gasteiger partial charge in [-0.2, -0.15) is 8.78 Å². The monoisotopic (exact) mass is 298 g/mol. The van der Waals surface area contributed by atoms with Crippen LogP contribution >= 0.6 is 0 Å². The molecule has 0 spiro atoms. The van der Waals surface area contributed by atoms with Crippen LogP contribution < -0.4 is 15.8 Å². The summed E-state index contributed by atoms with van der Waals surface area (Å²) in [6, 6.07) is -0.851. The van der Waals surface area contributed by atoms with Crippen LogP contribution in [0.2, 0.25) is 0 Å². The SMILES string of the molecule is CNC(CCOc1c(F)c(F)c(F)c(F)c1F)C(N)=O. The van der Waals surface area contributed by atoms with Gasteiger partial charge in [0.25, 0.3) is 0 Å². The van der Waals surface area contributed by atoms with Gasteiger partial charge in [-0.1, -0.05) is 0 Å². The Bertz CT molecular complexity index is 495. The van der Waals surface area contributed by atoms with Crippen LogP contribution in [0, 0.1) is 29.1 Å². The maximum atomic E-state index is 13.2. The molecule has 112 valence electrons. The molecule has 0 aromatic heterocycles. The highest BCUT2D eigenvalue weighted by Gasteiger charge is 2.27. The topological polar surface area (TPSA) is 64.3 Å². The fraction of sp³-hybridized carbons (Fsp3) is 0.364. The molecule has 1 unspecified atom stereocenters. The second-order valence-electron chi connectivity index (χ2n) is 3.78. The summed E-state index contributed by atoms with van der Waals surface area (Å²) >= 11 is 0. The third-order valence-electron chi connectivity index (χ3n) is 2.51. The number of hydrogen-bond acceptors (Lipinski definition) is 3. The molecule has 0 aliphatic rings. The molecule has 3 N–H and O–H groups in total. The van der Waals surface area contributed by atoms with Crippen molar-refractivity contribution in [2.45, 2.75) is 12.5 Å². The smallest absolute Gasteiger partial charge is 0.234 e. The first-order valence-electron chi connectivity index (χ1n) is 5.42. The van der Waals surface area contributed by atoms with E-state index in [4.69, 9.17) is 5.73 Å². The molecule has 20 heavy (non-hydrogen) atoms. The number of ether oxygens (including phenoxy) is 1. The van der Waals surface area contributed by atoms with Crippen molar-refractivity contribution in [2.24, 2.45) is 5.73 Å². The molecular formula is C11H11F5N2O2. The molecule has 1 aromatic rings. The Morgan fingerprint density at radius 1 is 1.10 bits per heavy atom. The van der Waals surface area contributed by atoms with Crippen LogP contribution in [0.3, 0.4) is 0 Å². The van der Waals surface area contributed by atoms with Crippen LogP contribution in [-0.2, 0) is 4.79 Å². The van der Waals surface area contributed by atoms with Crippen LogP contribution in [0.1, 0.15) is 6.42 Å². The summed E-state index contributed by atoms with van der Waals surface area (Å²) in [6.45, 7) is -0.465. The zero-order valence-electron chi connectivity index (χ0n) is 10.3. The number of nitrogens with one attached hydrogen (secondary N) is 1. The van der Waals surface area contributed by atoms with Crippen molar-refractivity contribution in [1.29, 1.82) is 0 Å². The van der Waals surface area contributed by atoms with Crippen LogP contribution in [0.15, 0.2) is 0 Å². The van der Waals surface area contributed by atoms with Gasteiger partial charge in [0.2, 0.25) is 35.0 Å². The van der Waals surface area contributed by atoms with Gasteiger partial charge < -0.3 is 15.8 Å². The number of hydrogen-bond donors (Lipinski definition) is 2. The van der Waals surface area contributed by atoms with Crippen LogP contribution in [-0.4, -0.2) is 25.6 Å². The van der Waals surface area contributed by atoms with Crippen molar-refractivity contribution in [3.8, 4) is 5.75 Å². The van der Waals surface area contributed by atoms with Crippen LogP contribution in [0.25, 0.3) is 0 Å². The second-order valence-corrected chi connectivity index (χ2v) is 3.78. The number of carbonyl (C=O) groups excluding carboxylic acids is 1. The first kappa shape index (κ1) is 16.2. The minimum absolute atomic E-state index is 0.106. The molecule has 1 amide bonds. The number of amides is 1. The van der Waals surface area contributed by atoms with Gasteiger partial charge >= 0.3 is 0 Å². The number of rotatable bonds is 6. The lowest BCUT2D eigenvalue weighted by Gasteiger charge is -2.14. The Hall–Kier alpha value is -1.90. The molecule has 0 aliphatic carbocycles. The number of likely N-dealkylation sites (N-methyl/N-ethyl adjacent to an activating group) is 1. The average Bonchev–Trinajstić information content (AvgIpc) is 2.42. The normalized spacial score (nSPS) is 12.3. The predicted molar refractivity (Wildman–Crippen MR) is 58.4 cm³/mol. The van der Waals surface area contributed by atoms with Gasteiger partial charge in [-0.15, -0.1) is 0 Å². The van der Waals surface area contributed by atoms with Crippen molar-refractivity contribution in [3.63, 3.8) is 0 Å². The Labute approximate surface area is 110 Å². The third-order valence-corrected chi connectivity index (χ3v) is 2.51. The largest absolute Gasteiger partial charge is 0.487 e. The molecule has 9 heteroatoms. The van der Waals surface area contributed by atoms with Gasteiger partial charge in [-0.05, 0) is 7.05 Å². The molecule has 1 aromatic carbocycles. The summed E-state index contributed by atoms with van der Waals surface area (Å²) in [4.78, 5) is 10.8. The van der Waals surface area contributed by atoms with E-state index < -0.39 is 53.4 Å². The molecular weight excluding hydrogens is 287 g/mol. The first-order valence-corrected chi connectivity index (χ1v) is 5.42. The molecule has 0 heterocycles. The van der Waals surface area contributed by atoms with Crippen LogP contribution in [0.4, 0.5) is 22.0 Å². The van der Waals surface area contributed by atoms with Gasteiger partial charge in [0.05, 0.1) is 12.6 Å². The predicted octanol–water partition coefficient (Wildman–Crippen LogP) is 1.22. The third kappa shape index (κ3) is 3.16. The number of primary amides is 1. The molecule has 0 saturated heterocycles. The molecule has 0 aliphatic heterocycles. The van der Waals surface area contributed by atoms with Crippen molar-refractivity contribution in [2.75, 3.05) is 13.7 Å². The van der Waals surface area contributed by atoms with Crippen molar-refractivity contribution < 1.29 is 31.5 Å². The Kier molecular flexibility index (Phi) is 5.26. The lowest BCUT2D eigenvalue weighted by Crippen LogP contribution is -2.40. The lowest BCUT2D eigenvalue weighted by molar-refractivity contribution is -0.120. The molecule has 0 saturated carbocycles. The maximum absolute atomic E-state index is 13.2. The van der Waals surface area contributed by atoms with E-state index in [1.165, 1.54) is 7.05 Å².